The molecule has 0 amide bonds. The molecule has 2 fully saturated rings. The number of carbonyl (C=O) groups excluding carboxylic acids is 1. The summed E-state index contributed by atoms with van der Waals surface area (Å²) < 4.78 is 5.93. The summed E-state index contributed by atoms with van der Waals surface area (Å²) >= 11 is 2.01. The summed E-state index contributed by atoms with van der Waals surface area (Å²) in [6, 6.07) is 0. The highest BCUT2D eigenvalue weighted by Gasteiger charge is 2.39. The van der Waals surface area contributed by atoms with E-state index in [-0.39, 0.29) is 5.60 Å². The Morgan fingerprint density at radius 1 is 1.57 bits per heavy atom. The van der Waals surface area contributed by atoms with E-state index in [9.17, 15) is 4.79 Å². The number of thioether (sulfide) groups is 1. The van der Waals surface area contributed by atoms with Crippen molar-refractivity contribution in [1.82, 2.24) is 0 Å². The highest BCUT2D eigenvalue weighted by atomic mass is 32.2. The molecule has 0 aromatic heterocycles. The highest BCUT2D eigenvalue weighted by molar-refractivity contribution is 7.99. The molecule has 80 valence electrons. The van der Waals surface area contributed by atoms with E-state index in [2.05, 4.69) is 0 Å². The average Bonchev–Trinajstić information content (AvgIpc) is 2.63. The van der Waals surface area contributed by atoms with E-state index in [0.717, 1.165) is 38.1 Å². The normalized spacial score (nSPS) is 37.6. The van der Waals surface area contributed by atoms with Gasteiger partial charge >= 0.3 is 0 Å². The number of carbonyl (C=O) groups is 1. The van der Waals surface area contributed by atoms with E-state index in [0.29, 0.717) is 0 Å². The highest BCUT2D eigenvalue weighted by Crippen LogP contribution is 2.41. The zero-order valence-corrected chi connectivity index (χ0v) is 9.35. The minimum atomic E-state index is 0.191. The van der Waals surface area contributed by atoms with Gasteiger partial charge in [0.05, 0.1) is 5.60 Å². The lowest BCUT2D eigenvalue weighted by atomic mass is 9.83. The van der Waals surface area contributed by atoms with Crippen LogP contribution >= 0.6 is 11.8 Å². The van der Waals surface area contributed by atoms with Crippen molar-refractivity contribution in [2.24, 2.45) is 5.92 Å². The van der Waals surface area contributed by atoms with Crippen LogP contribution in [0.25, 0.3) is 0 Å². The molecule has 14 heavy (non-hydrogen) atoms. The smallest absolute Gasteiger partial charge is 0.120 e. The first-order chi connectivity index (χ1) is 6.85. The van der Waals surface area contributed by atoms with Crippen molar-refractivity contribution in [1.29, 1.82) is 0 Å². The van der Waals surface area contributed by atoms with Crippen molar-refractivity contribution in [3.05, 3.63) is 0 Å². The second-order valence-electron chi connectivity index (χ2n) is 4.44. The van der Waals surface area contributed by atoms with Crippen LogP contribution in [0, 0.1) is 5.92 Å². The molecule has 2 rings (SSSR count). The SMILES string of the molecule is O=CCCC1CCOC2(CCSC2)C1. The van der Waals surface area contributed by atoms with Gasteiger partial charge in [-0.05, 0) is 37.4 Å². The largest absolute Gasteiger partial charge is 0.374 e. The molecule has 0 radical (unpaired) electrons. The van der Waals surface area contributed by atoms with Crippen molar-refractivity contribution in [3.8, 4) is 0 Å². The van der Waals surface area contributed by atoms with Crippen LogP contribution in [0.5, 0.6) is 0 Å². The van der Waals surface area contributed by atoms with E-state index in [1.807, 2.05) is 11.8 Å². The fraction of sp³-hybridized carbons (Fsp3) is 0.909. The van der Waals surface area contributed by atoms with E-state index in [4.69, 9.17) is 4.74 Å². The first-order valence-corrected chi connectivity index (χ1v) is 6.65. The van der Waals surface area contributed by atoms with Crippen LogP contribution in [0.4, 0.5) is 0 Å². The maximum Gasteiger partial charge on any atom is 0.120 e. The van der Waals surface area contributed by atoms with Crippen molar-refractivity contribution in [3.63, 3.8) is 0 Å². The second-order valence-corrected chi connectivity index (χ2v) is 5.54. The fourth-order valence-electron chi connectivity index (χ4n) is 2.54. The summed E-state index contributed by atoms with van der Waals surface area (Å²) in [5.74, 6) is 3.15. The van der Waals surface area contributed by atoms with Crippen LogP contribution in [0.1, 0.15) is 32.1 Å². The van der Waals surface area contributed by atoms with Gasteiger partial charge in [0.25, 0.3) is 0 Å². The Morgan fingerprint density at radius 2 is 2.50 bits per heavy atom. The van der Waals surface area contributed by atoms with E-state index in [1.54, 1.807) is 0 Å². The molecule has 2 atom stereocenters. The van der Waals surface area contributed by atoms with Gasteiger partial charge in [-0.25, -0.2) is 0 Å². The molecule has 0 aromatic carbocycles. The van der Waals surface area contributed by atoms with Gasteiger partial charge in [-0.2, -0.15) is 11.8 Å². The predicted octanol–water partition coefficient (Wildman–Crippen LogP) is 2.27. The van der Waals surface area contributed by atoms with Gasteiger partial charge in [0, 0.05) is 18.8 Å². The van der Waals surface area contributed by atoms with E-state index in [1.165, 1.54) is 24.3 Å². The maximum atomic E-state index is 10.3. The summed E-state index contributed by atoms with van der Waals surface area (Å²) in [5.41, 5.74) is 0.191. The fourth-order valence-corrected chi connectivity index (χ4v) is 3.92. The Bertz CT molecular complexity index is 199. The topological polar surface area (TPSA) is 26.3 Å². The summed E-state index contributed by atoms with van der Waals surface area (Å²) in [7, 11) is 0. The molecule has 0 aliphatic carbocycles. The molecule has 3 heteroatoms. The summed E-state index contributed by atoms with van der Waals surface area (Å²) in [5, 5.41) is 0. The first-order valence-electron chi connectivity index (χ1n) is 5.50. The van der Waals surface area contributed by atoms with E-state index < -0.39 is 0 Å². The van der Waals surface area contributed by atoms with Gasteiger partial charge in [0.2, 0.25) is 0 Å². The summed E-state index contributed by atoms with van der Waals surface area (Å²) in [4.78, 5) is 10.3. The first kappa shape index (κ1) is 10.5. The van der Waals surface area contributed by atoms with Crippen LogP contribution in [0.15, 0.2) is 0 Å². The minimum Gasteiger partial charge on any atom is -0.374 e. The maximum absolute atomic E-state index is 10.3. The Balaban J connectivity index is 1.86. The Hall–Kier alpha value is -0.0200. The van der Waals surface area contributed by atoms with Gasteiger partial charge in [-0.3, -0.25) is 0 Å². The molecule has 2 unspecified atom stereocenters. The number of ether oxygens (including phenoxy) is 1. The third-order valence-corrected chi connectivity index (χ3v) is 4.58. The molecule has 2 saturated heterocycles. The van der Waals surface area contributed by atoms with Crippen LogP contribution in [0.2, 0.25) is 0 Å². The van der Waals surface area contributed by atoms with Gasteiger partial charge < -0.3 is 9.53 Å². The third kappa shape index (κ3) is 2.31. The summed E-state index contributed by atoms with van der Waals surface area (Å²) in [6.45, 7) is 0.907. The number of hydrogen-bond donors (Lipinski definition) is 0. The average molecular weight is 214 g/mol. The number of rotatable bonds is 3. The van der Waals surface area contributed by atoms with Crippen LogP contribution in [0.3, 0.4) is 0 Å². The zero-order valence-electron chi connectivity index (χ0n) is 8.54. The van der Waals surface area contributed by atoms with Crippen LogP contribution < -0.4 is 0 Å². The van der Waals surface area contributed by atoms with Gasteiger partial charge in [0.15, 0.2) is 0 Å². The van der Waals surface area contributed by atoms with E-state index >= 15 is 0 Å². The van der Waals surface area contributed by atoms with Crippen molar-refractivity contribution in [2.45, 2.75) is 37.7 Å². The Morgan fingerprint density at radius 3 is 3.21 bits per heavy atom. The lowest BCUT2D eigenvalue weighted by Gasteiger charge is -2.37. The minimum absolute atomic E-state index is 0.191. The molecule has 0 aromatic rings. The molecule has 2 nitrogen and oxygen atoms in total. The van der Waals surface area contributed by atoms with Gasteiger partial charge in [-0.15, -0.1) is 0 Å². The molecule has 0 bridgehead atoms. The third-order valence-electron chi connectivity index (χ3n) is 3.35. The van der Waals surface area contributed by atoms with Crippen molar-refractivity contribution >= 4 is 18.0 Å². The van der Waals surface area contributed by atoms with Crippen LogP contribution in [-0.4, -0.2) is 30.0 Å². The van der Waals surface area contributed by atoms with Crippen molar-refractivity contribution < 1.29 is 9.53 Å². The Kier molecular flexibility index (Phi) is 3.50. The standard InChI is InChI=1S/C11H18O2S/c12-5-1-2-10-3-6-13-11(8-10)4-7-14-9-11/h5,10H,1-4,6-9H2. The molecule has 2 aliphatic heterocycles. The lowest BCUT2D eigenvalue weighted by Crippen LogP contribution is -2.39. The second kappa shape index (κ2) is 4.67. The van der Waals surface area contributed by atoms with Gasteiger partial charge in [0.1, 0.15) is 6.29 Å². The lowest BCUT2D eigenvalue weighted by molar-refractivity contribution is -0.109. The monoisotopic (exact) mass is 214 g/mol. The molecule has 1 spiro atoms. The molecule has 2 heterocycles. The number of aldehydes is 1. The molecule has 0 saturated carbocycles. The number of hydrogen-bond acceptors (Lipinski definition) is 3. The molecule has 0 N–H and O–H groups in total. The molecular formula is C11H18O2S. The zero-order chi connectivity index (χ0) is 9.86. The predicted molar refractivity (Wildman–Crippen MR) is 58.6 cm³/mol. The van der Waals surface area contributed by atoms with Gasteiger partial charge in [-0.1, -0.05) is 0 Å². The molecule has 2 aliphatic rings. The van der Waals surface area contributed by atoms with Crippen molar-refractivity contribution in [2.75, 3.05) is 18.1 Å². The quantitative estimate of drug-likeness (QED) is 0.674. The Labute approximate surface area is 89.8 Å². The summed E-state index contributed by atoms with van der Waals surface area (Å²) in [6.07, 6.45) is 6.40. The van der Waals surface area contributed by atoms with Crippen LogP contribution in [-0.2, 0) is 9.53 Å². The molecular weight excluding hydrogens is 196 g/mol.